The summed E-state index contributed by atoms with van der Waals surface area (Å²) >= 11 is 8.60. The van der Waals surface area contributed by atoms with Crippen LogP contribution in [0.2, 0.25) is 0 Å². The SMILES string of the molecule is Brc1cccc2c1OCC(I)=C2C1=C(I)CCc2ccccc21. The second-order valence-corrected chi connectivity index (χ2v) is 9.08. The van der Waals surface area contributed by atoms with Gasteiger partial charge < -0.3 is 4.74 Å². The molecule has 0 amide bonds. The van der Waals surface area contributed by atoms with Crippen molar-refractivity contribution in [1.82, 2.24) is 0 Å². The van der Waals surface area contributed by atoms with Crippen LogP contribution in [-0.4, -0.2) is 6.61 Å². The topological polar surface area (TPSA) is 9.23 Å². The van der Waals surface area contributed by atoms with Crippen LogP contribution in [0, 0.1) is 0 Å². The van der Waals surface area contributed by atoms with E-state index in [1.165, 1.54) is 35.0 Å². The lowest BCUT2D eigenvalue weighted by Crippen LogP contribution is -2.12. The molecule has 4 heteroatoms. The van der Waals surface area contributed by atoms with Gasteiger partial charge in [0.05, 0.1) is 4.47 Å². The fraction of sp³-hybridized carbons (Fsp3) is 0.158. The molecule has 0 radical (unpaired) electrons. The Morgan fingerprint density at radius 1 is 0.826 bits per heavy atom. The summed E-state index contributed by atoms with van der Waals surface area (Å²) in [4.78, 5) is 0. The van der Waals surface area contributed by atoms with Gasteiger partial charge in [-0.3, -0.25) is 0 Å². The van der Waals surface area contributed by atoms with Gasteiger partial charge in [-0.1, -0.05) is 36.4 Å². The van der Waals surface area contributed by atoms with Crippen molar-refractivity contribution in [3.8, 4) is 5.75 Å². The highest BCUT2D eigenvalue weighted by Gasteiger charge is 2.28. The first-order valence-electron chi connectivity index (χ1n) is 7.44. The Balaban J connectivity index is 1.99. The number of rotatable bonds is 1. The smallest absolute Gasteiger partial charge is 0.141 e. The maximum absolute atomic E-state index is 5.97. The monoisotopic (exact) mass is 590 g/mol. The molecule has 0 atom stereocenters. The summed E-state index contributed by atoms with van der Waals surface area (Å²) < 4.78 is 9.71. The highest BCUT2D eigenvalue weighted by molar-refractivity contribution is 14.1. The minimum Gasteiger partial charge on any atom is -0.487 e. The quantitative estimate of drug-likeness (QED) is 0.333. The van der Waals surface area contributed by atoms with Gasteiger partial charge in [-0.15, -0.1) is 0 Å². The average molecular weight is 591 g/mol. The van der Waals surface area contributed by atoms with Gasteiger partial charge in [0.2, 0.25) is 0 Å². The number of hydrogen-bond acceptors (Lipinski definition) is 1. The Kier molecular flexibility index (Phi) is 4.58. The van der Waals surface area contributed by atoms with Crippen molar-refractivity contribution in [3.05, 3.63) is 70.8 Å². The number of aryl methyl sites for hydroxylation is 1. The minimum absolute atomic E-state index is 0.640. The van der Waals surface area contributed by atoms with Crippen LogP contribution in [0.3, 0.4) is 0 Å². The zero-order valence-corrected chi connectivity index (χ0v) is 18.1. The first-order chi connectivity index (χ1) is 11.2. The molecule has 0 bridgehead atoms. The Bertz CT molecular complexity index is 867. The van der Waals surface area contributed by atoms with Crippen LogP contribution in [0.5, 0.6) is 5.75 Å². The summed E-state index contributed by atoms with van der Waals surface area (Å²) in [5.41, 5.74) is 6.74. The van der Waals surface area contributed by atoms with Gasteiger partial charge in [-0.05, 0) is 94.7 Å². The molecule has 0 fully saturated rings. The molecular formula is C19H13BrI2O. The molecule has 0 unspecified atom stereocenters. The van der Waals surface area contributed by atoms with Crippen LogP contribution >= 0.6 is 61.1 Å². The molecule has 4 rings (SSSR count). The van der Waals surface area contributed by atoms with E-state index in [0.29, 0.717) is 6.61 Å². The van der Waals surface area contributed by atoms with Gasteiger partial charge in [-0.2, -0.15) is 0 Å². The molecular weight excluding hydrogens is 578 g/mol. The van der Waals surface area contributed by atoms with E-state index in [0.717, 1.165) is 23.1 Å². The lowest BCUT2D eigenvalue weighted by atomic mass is 9.83. The van der Waals surface area contributed by atoms with Gasteiger partial charge in [0.25, 0.3) is 0 Å². The van der Waals surface area contributed by atoms with Crippen LogP contribution in [0.15, 0.2) is 54.1 Å². The van der Waals surface area contributed by atoms with Crippen molar-refractivity contribution in [3.63, 3.8) is 0 Å². The number of halogens is 3. The third-order valence-corrected chi connectivity index (χ3v) is 6.83. The Morgan fingerprint density at radius 3 is 2.43 bits per heavy atom. The third-order valence-electron chi connectivity index (χ3n) is 4.27. The summed E-state index contributed by atoms with van der Waals surface area (Å²) in [5.74, 6) is 0.961. The van der Waals surface area contributed by atoms with Crippen LogP contribution in [0.25, 0.3) is 11.1 Å². The molecule has 0 spiro atoms. The minimum atomic E-state index is 0.640. The highest BCUT2D eigenvalue weighted by atomic mass is 127. The maximum Gasteiger partial charge on any atom is 0.141 e. The Labute approximate surface area is 171 Å². The molecule has 1 nitrogen and oxygen atoms in total. The number of para-hydroxylation sites is 1. The second-order valence-electron chi connectivity index (χ2n) is 5.62. The Morgan fingerprint density at radius 2 is 1.57 bits per heavy atom. The zero-order valence-electron chi connectivity index (χ0n) is 12.2. The van der Waals surface area contributed by atoms with Crippen LogP contribution in [0.4, 0.5) is 0 Å². The Hall–Kier alpha value is -0.340. The summed E-state index contributed by atoms with van der Waals surface area (Å²) in [6, 6.07) is 15.1. The van der Waals surface area contributed by atoms with E-state index in [2.05, 4.69) is 97.5 Å². The van der Waals surface area contributed by atoms with Crippen LogP contribution < -0.4 is 4.74 Å². The maximum atomic E-state index is 5.97. The summed E-state index contributed by atoms with van der Waals surface area (Å²) in [6.45, 7) is 0.640. The average Bonchev–Trinajstić information content (AvgIpc) is 2.56. The molecule has 0 saturated carbocycles. The summed E-state index contributed by atoms with van der Waals surface area (Å²) in [6.07, 6.45) is 2.24. The number of fused-ring (bicyclic) bond motifs is 2. The van der Waals surface area contributed by atoms with E-state index < -0.39 is 0 Å². The molecule has 1 aliphatic carbocycles. The van der Waals surface area contributed by atoms with E-state index in [4.69, 9.17) is 4.74 Å². The number of hydrogen-bond donors (Lipinski definition) is 0. The van der Waals surface area contributed by atoms with Gasteiger partial charge >= 0.3 is 0 Å². The fourth-order valence-corrected chi connectivity index (χ4v) is 5.27. The molecule has 23 heavy (non-hydrogen) atoms. The predicted octanol–water partition coefficient (Wildman–Crippen LogP) is 6.78. The zero-order chi connectivity index (χ0) is 16.0. The van der Waals surface area contributed by atoms with Crippen LogP contribution in [-0.2, 0) is 6.42 Å². The molecule has 1 aliphatic heterocycles. The van der Waals surface area contributed by atoms with Gasteiger partial charge in [0.1, 0.15) is 12.4 Å². The predicted molar refractivity (Wildman–Crippen MR) is 116 cm³/mol. The van der Waals surface area contributed by atoms with Gasteiger partial charge in [0.15, 0.2) is 0 Å². The molecule has 116 valence electrons. The summed E-state index contributed by atoms with van der Waals surface area (Å²) in [5, 5.41) is 0. The molecule has 2 aliphatic rings. The summed E-state index contributed by atoms with van der Waals surface area (Å²) in [7, 11) is 0. The molecule has 0 saturated heterocycles. The van der Waals surface area contributed by atoms with E-state index >= 15 is 0 Å². The normalized spacial score (nSPS) is 16.8. The van der Waals surface area contributed by atoms with E-state index in [1.807, 2.05) is 6.07 Å². The van der Waals surface area contributed by atoms with Crippen molar-refractivity contribution in [2.45, 2.75) is 12.8 Å². The van der Waals surface area contributed by atoms with E-state index in [9.17, 15) is 0 Å². The highest BCUT2D eigenvalue weighted by Crippen LogP contribution is 2.50. The molecule has 0 N–H and O–H groups in total. The van der Waals surface area contributed by atoms with Crippen molar-refractivity contribution in [2.75, 3.05) is 6.61 Å². The fourth-order valence-electron chi connectivity index (χ4n) is 3.24. The molecule has 0 aromatic heterocycles. The van der Waals surface area contributed by atoms with Crippen molar-refractivity contribution in [1.29, 1.82) is 0 Å². The van der Waals surface area contributed by atoms with E-state index in [-0.39, 0.29) is 0 Å². The molecule has 2 aromatic rings. The van der Waals surface area contributed by atoms with Gasteiger partial charge in [0, 0.05) is 20.3 Å². The first kappa shape index (κ1) is 16.1. The number of allylic oxidation sites excluding steroid dienone is 3. The second kappa shape index (κ2) is 6.52. The standard InChI is InChI=1S/C19H13BrI2O/c20-14-7-3-6-13-18(16(22)10-23-19(13)14)17-12-5-2-1-4-11(12)8-9-15(17)21/h1-7H,8-10H2. The lowest BCUT2D eigenvalue weighted by Gasteiger charge is -2.28. The van der Waals surface area contributed by atoms with Crippen molar-refractivity contribution >= 4 is 72.3 Å². The first-order valence-corrected chi connectivity index (χ1v) is 10.4. The number of benzene rings is 2. The molecule has 2 aromatic carbocycles. The van der Waals surface area contributed by atoms with Crippen molar-refractivity contribution < 1.29 is 4.74 Å². The van der Waals surface area contributed by atoms with Crippen LogP contribution in [0.1, 0.15) is 23.1 Å². The largest absolute Gasteiger partial charge is 0.487 e. The molecule has 1 heterocycles. The van der Waals surface area contributed by atoms with Gasteiger partial charge in [-0.25, -0.2) is 0 Å². The third kappa shape index (κ3) is 2.80. The van der Waals surface area contributed by atoms with Crippen molar-refractivity contribution in [2.24, 2.45) is 0 Å². The number of ether oxygens (including phenoxy) is 1. The van der Waals surface area contributed by atoms with E-state index in [1.54, 1.807) is 0 Å². The lowest BCUT2D eigenvalue weighted by molar-refractivity contribution is 0.354.